The number of nitrogens with one attached hydrogen (secondary N) is 1. The number of carboxylic acids is 1. The molecular weight excluding hydrogens is 260 g/mol. The van der Waals surface area contributed by atoms with Crippen LogP contribution in [-0.4, -0.2) is 53.4 Å². The predicted molar refractivity (Wildman–Crippen MR) is 75.4 cm³/mol. The third-order valence-electron chi connectivity index (χ3n) is 4.01. The molecule has 6 nitrogen and oxygen atoms in total. The highest BCUT2D eigenvalue weighted by Crippen LogP contribution is 2.30. The molecule has 0 aromatic heterocycles. The van der Waals surface area contributed by atoms with Crippen molar-refractivity contribution in [2.45, 2.75) is 40.0 Å². The van der Waals surface area contributed by atoms with Crippen LogP contribution < -0.4 is 5.32 Å². The van der Waals surface area contributed by atoms with Gasteiger partial charge in [0.05, 0.1) is 5.41 Å². The Labute approximate surface area is 120 Å². The smallest absolute Gasteiger partial charge is 0.317 e. The normalized spacial score (nSPS) is 22.9. The minimum Gasteiger partial charge on any atom is -0.481 e. The first-order valence-electron chi connectivity index (χ1n) is 7.07. The third kappa shape index (κ3) is 4.37. The van der Waals surface area contributed by atoms with Gasteiger partial charge in [-0.05, 0) is 31.6 Å². The number of aliphatic carboxylic acids is 1. The van der Waals surface area contributed by atoms with E-state index in [1.807, 2.05) is 13.8 Å². The van der Waals surface area contributed by atoms with Gasteiger partial charge in [-0.15, -0.1) is 0 Å². The number of rotatable bonds is 6. The summed E-state index contributed by atoms with van der Waals surface area (Å²) in [5.74, 6) is -0.851. The standard InChI is InChI=1S/C14H26N2O4/c1-13(2,5-4-8-17)9-15-12(20)16-7-6-14(3,10-16)11(18)19/h17H,4-10H2,1-3H3,(H,15,20)(H,18,19). The Bertz CT molecular complexity index is 370. The van der Waals surface area contributed by atoms with Crippen molar-refractivity contribution in [3.05, 3.63) is 0 Å². The van der Waals surface area contributed by atoms with E-state index in [9.17, 15) is 9.59 Å². The second-order valence-electron chi connectivity index (χ2n) is 6.69. The molecule has 1 heterocycles. The number of nitrogens with zero attached hydrogens (tertiary/aromatic N) is 1. The van der Waals surface area contributed by atoms with Crippen molar-refractivity contribution < 1.29 is 19.8 Å². The molecule has 0 aliphatic carbocycles. The molecular formula is C14H26N2O4. The maximum Gasteiger partial charge on any atom is 0.317 e. The fourth-order valence-electron chi connectivity index (χ4n) is 2.38. The van der Waals surface area contributed by atoms with E-state index in [0.29, 0.717) is 25.9 Å². The molecule has 0 bridgehead atoms. The number of hydrogen-bond acceptors (Lipinski definition) is 3. The average Bonchev–Trinajstić information content (AvgIpc) is 2.78. The topological polar surface area (TPSA) is 89.9 Å². The molecule has 20 heavy (non-hydrogen) atoms. The molecule has 0 saturated carbocycles. The van der Waals surface area contributed by atoms with Gasteiger partial charge in [0.25, 0.3) is 0 Å². The molecule has 1 aliphatic rings. The maximum atomic E-state index is 12.0. The minimum absolute atomic E-state index is 0.0752. The van der Waals surface area contributed by atoms with Crippen LogP contribution in [-0.2, 0) is 4.79 Å². The van der Waals surface area contributed by atoms with Gasteiger partial charge in [0.15, 0.2) is 0 Å². The molecule has 1 fully saturated rings. The minimum atomic E-state index is -0.851. The molecule has 0 aromatic carbocycles. The first-order chi connectivity index (χ1) is 9.20. The average molecular weight is 286 g/mol. The fourth-order valence-corrected chi connectivity index (χ4v) is 2.38. The molecule has 116 valence electrons. The molecule has 1 saturated heterocycles. The monoisotopic (exact) mass is 286 g/mol. The maximum absolute atomic E-state index is 12.0. The van der Waals surface area contributed by atoms with Crippen LogP contribution in [0.25, 0.3) is 0 Å². The number of carbonyl (C=O) groups is 2. The number of amides is 2. The zero-order valence-electron chi connectivity index (χ0n) is 12.6. The van der Waals surface area contributed by atoms with E-state index in [-0.39, 0.29) is 24.6 Å². The Morgan fingerprint density at radius 1 is 1.40 bits per heavy atom. The fraction of sp³-hybridized carbons (Fsp3) is 0.857. The lowest BCUT2D eigenvalue weighted by Crippen LogP contribution is -2.44. The van der Waals surface area contributed by atoms with Gasteiger partial charge < -0.3 is 20.4 Å². The summed E-state index contributed by atoms with van der Waals surface area (Å²) < 4.78 is 0. The largest absolute Gasteiger partial charge is 0.481 e. The number of aliphatic hydroxyl groups excluding tert-OH is 1. The van der Waals surface area contributed by atoms with Crippen molar-refractivity contribution >= 4 is 12.0 Å². The van der Waals surface area contributed by atoms with Crippen LogP contribution in [0.15, 0.2) is 0 Å². The molecule has 1 unspecified atom stereocenters. The summed E-state index contributed by atoms with van der Waals surface area (Å²) in [5.41, 5.74) is -0.905. The van der Waals surface area contributed by atoms with E-state index in [4.69, 9.17) is 10.2 Å². The second-order valence-corrected chi connectivity index (χ2v) is 6.69. The van der Waals surface area contributed by atoms with Crippen molar-refractivity contribution in [1.82, 2.24) is 10.2 Å². The molecule has 1 aliphatic heterocycles. The molecule has 6 heteroatoms. The summed E-state index contributed by atoms with van der Waals surface area (Å²) >= 11 is 0. The highest BCUT2D eigenvalue weighted by molar-refractivity contribution is 5.79. The third-order valence-corrected chi connectivity index (χ3v) is 4.01. The SMILES string of the molecule is CC(C)(CCCO)CNC(=O)N1CCC(C)(C(=O)O)C1. The number of hydrogen-bond donors (Lipinski definition) is 3. The van der Waals surface area contributed by atoms with Crippen molar-refractivity contribution in [2.24, 2.45) is 10.8 Å². The summed E-state index contributed by atoms with van der Waals surface area (Å²) in [7, 11) is 0. The van der Waals surface area contributed by atoms with Crippen molar-refractivity contribution in [2.75, 3.05) is 26.2 Å². The van der Waals surface area contributed by atoms with E-state index in [0.717, 1.165) is 6.42 Å². The van der Waals surface area contributed by atoms with E-state index < -0.39 is 11.4 Å². The summed E-state index contributed by atoms with van der Waals surface area (Å²) in [6.07, 6.45) is 2.03. The molecule has 1 rings (SSSR count). The first-order valence-corrected chi connectivity index (χ1v) is 7.07. The summed E-state index contributed by atoms with van der Waals surface area (Å²) in [6, 6.07) is -0.202. The van der Waals surface area contributed by atoms with E-state index in [1.54, 1.807) is 11.8 Å². The number of aliphatic hydroxyl groups is 1. The van der Waals surface area contributed by atoms with E-state index in [1.165, 1.54) is 0 Å². The summed E-state index contributed by atoms with van der Waals surface area (Å²) in [4.78, 5) is 24.8. The van der Waals surface area contributed by atoms with Gasteiger partial charge in [0.1, 0.15) is 0 Å². The zero-order chi connectivity index (χ0) is 15.4. The van der Waals surface area contributed by atoms with Crippen molar-refractivity contribution in [3.8, 4) is 0 Å². The number of urea groups is 1. The van der Waals surface area contributed by atoms with Crippen LogP contribution in [0.4, 0.5) is 4.79 Å². The number of carbonyl (C=O) groups excluding carboxylic acids is 1. The summed E-state index contributed by atoms with van der Waals surface area (Å²) in [5, 5.41) is 20.8. The second kappa shape index (κ2) is 6.43. The Morgan fingerprint density at radius 3 is 2.55 bits per heavy atom. The van der Waals surface area contributed by atoms with Crippen molar-refractivity contribution in [1.29, 1.82) is 0 Å². The Hall–Kier alpha value is -1.30. The lowest BCUT2D eigenvalue weighted by atomic mass is 9.88. The van der Waals surface area contributed by atoms with Crippen LogP contribution in [0, 0.1) is 10.8 Å². The Kier molecular flexibility index (Phi) is 5.39. The van der Waals surface area contributed by atoms with Crippen LogP contribution in [0.5, 0.6) is 0 Å². The quantitative estimate of drug-likeness (QED) is 0.686. The summed E-state index contributed by atoms with van der Waals surface area (Å²) in [6.45, 7) is 7.15. The van der Waals surface area contributed by atoms with Gasteiger partial charge in [0.2, 0.25) is 0 Å². The van der Waals surface area contributed by atoms with Gasteiger partial charge in [-0.3, -0.25) is 4.79 Å². The van der Waals surface area contributed by atoms with Crippen LogP contribution in [0.3, 0.4) is 0 Å². The zero-order valence-corrected chi connectivity index (χ0v) is 12.6. The molecule has 1 atom stereocenters. The molecule has 3 N–H and O–H groups in total. The van der Waals surface area contributed by atoms with E-state index in [2.05, 4.69) is 5.32 Å². The van der Waals surface area contributed by atoms with Gasteiger partial charge >= 0.3 is 12.0 Å². The Morgan fingerprint density at radius 2 is 2.05 bits per heavy atom. The number of likely N-dealkylation sites (tertiary alicyclic amines) is 1. The lowest BCUT2D eigenvalue weighted by Gasteiger charge is -2.27. The highest BCUT2D eigenvalue weighted by atomic mass is 16.4. The van der Waals surface area contributed by atoms with Crippen LogP contribution in [0.1, 0.15) is 40.0 Å². The first kappa shape index (κ1) is 16.8. The lowest BCUT2D eigenvalue weighted by molar-refractivity contribution is -0.147. The van der Waals surface area contributed by atoms with Gasteiger partial charge in [-0.2, -0.15) is 0 Å². The van der Waals surface area contributed by atoms with Gasteiger partial charge in [0, 0.05) is 26.2 Å². The molecule has 0 radical (unpaired) electrons. The molecule has 2 amide bonds. The highest BCUT2D eigenvalue weighted by Gasteiger charge is 2.42. The molecule has 0 aromatic rings. The predicted octanol–water partition coefficient (Wildman–Crippen LogP) is 1.29. The van der Waals surface area contributed by atoms with Crippen LogP contribution >= 0.6 is 0 Å². The number of carboxylic acid groups (broad SMARTS) is 1. The molecule has 0 spiro atoms. The Balaban J connectivity index is 2.43. The van der Waals surface area contributed by atoms with Gasteiger partial charge in [-0.25, -0.2) is 4.79 Å². The van der Waals surface area contributed by atoms with Crippen LogP contribution in [0.2, 0.25) is 0 Å². The van der Waals surface area contributed by atoms with E-state index >= 15 is 0 Å². The van der Waals surface area contributed by atoms with Crippen molar-refractivity contribution in [3.63, 3.8) is 0 Å². The van der Waals surface area contributed by atoms with Gasteiger partial charge in [-0.1, -0.05) is 13.8 Å².